The Morgan fingerprint density at radius 1 is 1.09 bits per heavy atom. The van der Waals surface area contributed by atoms with E-state index < -0.39 is 0 Å². The van der Waals surface area contributed by atoms with Gasteiger partial charge >= 0.3 is 0 Å². The van der Waals surface area contributed by atoms with Gasteiger partial charge in [0.1, 0.15) is 0 Å². The lowest BCUT2D eigenvalue weighted by Crippen LogP contribution is -2.44. The zero-order valence-electron chi connectivity index (χ0n) is 19.1. The Morgan fingerprint density at radius 2 is 1.91 bits per heavy atom. The molecule has 0 spiro atoms. The molecular formula is C25H35FN6. The average molecular weight is 439 g/mol. The van der Waals surface area contributed by atoms with Gasteiger partial charge in [-0.15, -0.1) is 0 Å². The second-order valence-corrected chi connectivity index (χ2v) is 8.69. The molecule has 2 fully saturated rings. The molecule has 4 rings (SSSR count). The van der Waals surface area contributed by atoms with Gasteiger partial charge in [-0.3, -0.25) is 4.90 Å². The van der Waals surface area contributed by atoms with E-state index in [1.54, 1.807) is 12.3 Å². The SMILES string of the molecule is CCNC(=NCc1ccccc1CN1CCCCC1)NC1CCN(c2ncccc2F)C1. The van der Waals surface area contributed by atoms with Gasteiger partial charge in [0.05, 0.1) is 6.54 Å². The summed E-state index contributed by atoms with van der Waals surface area (Å²) < 4.78 is 14.1. The molecular weight excluding hydrogens is 403 g/mol. The van der Waals surface area contributed by atoms with Gasteiger partial charge in [-0.2, -0.15) is 0 Å². The van der Waals surface area contributed by atoms with E-state index in [4.69, 9.17) is 4.99 Å². The highest BCUT2D eigenvalue weighted by atomic mass is 19.1. The second kappa shape index (κ2) is 11.3. The van der Waals surface area contributed by atoms with Gasteiger partial charge in [-0.1, -0.05) is 30.7 Å². The fraction of sp³-hybridized carbons (Fsp3) is 0.520. The molecule has 2 aromatic rings. The van der Waals surface area contributed by atoms with Crippen molar-refractivity contribution >= 4 is 11.8 Å². The highest BCUT2D eigenvalue weighted by Crippen LogP contribution is 2.21. The fourth-order valence-electron chi connectivity index (χ4n) is 4.58. The number of aliphatic imine (C=N–C) groups is 1. The van der Waals surface area contributed by atoms with Gasteiger partial charge in [0.15, 0.2) is 17.6 Å². The predicted octanol–water partition coefficient (Wildman–Crippen LogP) is 3.54. The van der Waals surface area contributed by atoms with Crippen LogP contribution in [0.4, 0.5) is 10.2 Å². The van der Waals surface area contributed by atoms with E-state index in [0.717, 1.165) is 32.0 Å². The molecule has 0 aliphatic carbocycles. The number of rotatable bonds is 7. The largest absolute Gasteiger partial charge is 0.357 e. The molecule has 1 aromatic heterocycles. The number of hydrogen-bond donors (Lipinski definition) is 2. The van der Waals surface area contributed by atoms with Crippen LogP contribution in [0.3, 0.4) is 0 Å². The number of aromatic nitrogens is 1. The van der Waals surface area contributed by atoms with Gasteiger partial charge in [-0.05, 0) is 62.5 Å². The van der Waals surface area contributed by atoms with Crippen molar-refractivity contribution < 1.29 is 4.39 Å². The van der Waals surface area contributed by atoms with Crippen molar-refractivity contribution in [1.29, 1.82) is 0 Å². The Hall–Kier alpha value is -2.67. The molecule has 7 heteroatoms. The minimum atomic E-state index is -0.265. The molecule has 0 bridgehead atoms. The maximum Gasteiger partial charge on any atom is 0.191 e. The number of hydrogen-bond acceptors (Lipinski definition) is 4. The van der Waals surface area contributed by atoms with Gasteiger partial charge in [-0.25, -0.2) is 14.4 Å². The summed E-state index contributed by atoms with van der Waals surface area (Å²) in [7, 11) is 0. The highest BCUT2D eigenvalue weighted by Gasteiger charge is 2.26. The molecule has 1 atom stereocenters. The fourth-order valence-corrected chi connectivity index (χ4v) is 4.58. The molecule has 0 radical (unpaired) electrons. The summed E-state index contributed by atoms with van der Waals surface area (Å²) in [5.41, 5.74) is 2.64. The van der Waals surface area contributed by atoms with Gasteiger partial charge in [0, 0.05) is 38.4 Å². The van der Waals surface area contributed by atoms with E-state index in [1.165, 1.54) is 49.5 Å². The molecule has 2 aliphatic heterocycles. The van der Waals surface area contributed by atoms with Crippen LogP contribution in [0.25, 0.3) is 0 Å². The lowest BCUT2D eigenvalue weighted by Gasteiger charge is -2.27. The third-order valence-corrected chi connectivity index (χ3v) is 6.28. The first-order valence-electron chi connectivity index (χ1n) is 11.9. The maximum atomic E-state index is 14.1. The van der Waals surface area contributed by atoms with Gasteiger partial charge < -0.3 is 15.5 Å². The van der Waals surface area contributed by atoms with Crippen molar-refractivity contribution in [1.82, 2.24) is 20.5 Å². The molecule has 3 heterocycles. The number of guanidine groups is 1. The molecule has 172 valence electrons. The highest BCUT2D eigenvalue weighted by molar-refractivity contribution is 5.80. The quantitative estimate of drug-likeness (QED) is 0.512. The Kier molecular flexibility index (Phi) is 7.93. The number of pyridine rings is 1. The first-order chi connectivity index (χ1) is 15.7. The predicted molar refractivity (Wildman–Crippen MR) is 128 cm³/mol. The first-order valence-corrected chi connectivity index (χ1v) is 11.9. The van der Waals surface area contributed by atoms with Gasteiger partial charge in [0.2, 0.25) is 0 Å². The van der Waals surface area contributed by atoms with E-state index in [9.17, 15) is 4.39 Å². The maximum absolute atomic E-state index is 14.1. The summed E-state index contributed by atoms with van der Waals surface area (Å²) in [5, 5.41) is 6.91. The molecule has 1 unspecified atom stereocenters. The molecule has 0 saturated carbocycles. The monoisotopic (exact) mass is 438 g/mol. The third-order valence-electron chi connectivity index (χ3n) is 6.28. The average Bonchev–Trinajstić information content (AvgIpc) is 3.28. The van der Waals surface area contributed by atoms with Crippen LogP contribution in [0.1, 0.15) is 43.7 Å². The molecule has 6 nitrogen and oxygen atoms in total. The van der Waals surface area contributed by atoms with Crippen molar-refractivity contribution in [2.24, 2.45) is 4.99 Å². The van der Waals surface area contributed by atoms with Crippen molar-refractivity contribution in [3.05, 3.63) is 59.5 Å². The molecule has 32 heavy (non-hydrogen) atoms. The van der Waals surface area contributed by atoms with Crippen molar-refractivity contribution in [3.63, 3.8) is 0 Å². The minimum absolute atomic E-state index is 0.206. The Labute approximate surface area is 190 Å². The minimum Gasteiger partial charge on any atom is -0.357 e. The number of halogens is 1. The summed E-state index contributed by atoms with van der Waals surface area (Å²) in [5.74, 6) is 0.984. The molecule has 2 N–H and O–H groups in total. The first kappa shape index (κ1) is 22.5. The van der Waals surface area contributed by atoms with Crippen LogP contribution < -0.4 is 15.5 Å². The Morgan fingerprint density at radius 3 is 2.69 bits per heavy atom. The number of nitrogens with one attached hydrogen (secondary N) is 2. The lowest BCUT2D eigenvalue weighted by molar-refractivity contribution is 0.220. The second-order valence-electron chi connectivity index (χ2n) is 8.69. The van der Waals surface area contributed by atoms with Crippen molar-refractivity contribution in [3.8, 4) is 0 Å². The number of nitrogens with zero attached hydrogens (tertiary/aromatic N) is 4. The molecule has 2 aliphatic rings. The van der Waals surface area contributed by atoms with Crippen LogP contribution in [-0.2, 0) is 13.1 Å². The van der Waals surface area contributed by atoms with E-state index >= 15 is 0 Å². The number of benzene rings is 1. The van der Waals surface area contributed by atoms with Crippen molar-refractivity contribution in [2.75, 3.05) is 37.6 Å². The van der Waals surface area contributed by atoms with Crippen LogP contribution >= 0.6 is 0 Å². The summed E-state index contributed by atoms with van der Waals surface area (Å²) in [6, 6.07) is 11.9. The Bertz CT molecular complexity index is 896. The van der Waals surface area contributed by atoms with E-state index in [1.807, 2.05) is 4.90 Å². The van der Waals surface area contributed by atoms with E-state index in [-0.39, 0.29) is 11.9 Å². The van der Waals surface area contributed by atoms with Crippen molar-refractivity contribution in [2.45, 2.75) is 51.7 Å². The lowest BCUT2D eigenvalue weighted by atomic mass is 10.1. The topological polar surface area (TPSA) is 55.8 Å². The molecule has 1 aromatic carbocycles. The van der Waals surface area contributed by atoms with Gasteiger partial charge in [0.25, 0.3) is 0 Å². The van der Waals surface area contributed by atoms with Crippen LogP contribution in [-0.4, -0.2) is 54.6 Å². The smallest absolute Gasteiger partial charge is 0.191 e. The van der Waals surface area contributed by atoms with Crippen LogP contribution in [0.2, 0.25) is 0 Å². The normalized spacial score (nSPS) is 19.9. The number of anilines is 1. The van der Waals surface area contributed by atoms with E-state index in [0.29, 0.717) is 18.9 Å². The standard InChI is InChI=1S/C25H35FN6/c1-2-27-25(30-22-12-16-32(19-22)24-23(26)11-8-13-28-24)29-17-20-9-4-5-10-21(20)18-31-14-6-3-7-15-31/h4-5,8-11,13,22H,2-3,6-7,12,14-19H2,1H3,(H2,27,29,30). The van der Waals surface area contributed by atoms with Crippen LogP contribution in [0, 0.1) is 5.82 Å². The zero-order chi connectivity index (χ0) is 22.2. The summed E-state index contributed by atoms with van der Waals surface area (Å²) >= 11 is 0. The number of piperidine rings is 1. The summed E-state index contributed by atoms with van der Waals surface area (Å²) in [6.07, 6.45) is 6.52. The van der Waals surface area contributed by atoms with E-state index in [2.05, 4.69) is 51.7 Å². The van der Waals surface area contributed by atoms with Crippen LogP contribution in [0.5, 0.6) is 0 Å². The molecule has 0 amide bonds. The number of likely N-dealkylation sites (tertiary alicyclic amines) is 1. The molecule has 2 saturated heterocycles. The van der Waals surface area contributed by atoms with Crippen LogP contribution in [0.15, 0.2) is 47.6 Å². The third kappa shape index (κ3) is 5.97. The summed E-state index contributed by atoms with van der Waals surface area (Å²) in [4.78, 5) is 13.7. The Balaban J connectivity index is 1.38. The summed E-state index contributed by atoms with van der Waals surface area (Å²) in [6.45, 7) is 8.40. The zero-order valence-corrected chi connectivity index (χ0v) is 19.1.